The first-order valence-electron chi connectivity index (χ1n) is 10.7. The maximum atomic E-state index is 13.7. The van der Waals surface area contributed by atoms with E-state index in [0.717, 1.165) is 0 Å². The van der Waals surface area contributed by atoms with Crippen LogP contribution in [0.3, 0.4) is 0 Å². The lowest BCUT2D eigenvalue weighted by Gasteiger charge is -2.13. The Morgan fingerprint density at radius 1 is 1.09 bits per heavy atom. The Bertz CT molecular complexity index is 1500. The predicted octanol–water partition coefficient (Wildman–Crippen LogP) is 2.21. The van der Waals surface area contributed by atoms with Gasteiger partial charge in [-0.15, -0.1) is 0 Å². The number of rotatable bonds is 8. The van der Waals surface area contributed by atoms with Gasteiger partial charge in [0.05, 0.1) is 26.9 Å². The van der Waals surface area contributed by atoms with Gasteiger partial charge in [-0.25, -0.2) is 14.2 Å². The van der Waals surface area contributed by atoms with Gasteiger partial charge < -0.3 is 23.9 Å². The summed E-state index contributed by atoms with van der Waals surface area (Å²) in [7, 11) is 4.55. The molecule has 0 bridgehead atoms. The van der Waals surface area contributed by atoms with E-state index < -0.39 is 23.2 Å². The average Bonchev–Trinajstić information content (AvgIpc) is 3.18. The molecule has 0 aliphatic rings. The number of aromatic nitrogens is 4. The second kappa shape index (κ2) is 9.63. The number of nitrogens with one attached hydrogen (secondary N) is 1. The number of hydrogen-bond donors (Lipinski definition) is 2. The van der Waals surface area contributed by atoms with Gasteiger partial charge in [0, 0.05) is 12.6 Å². The molecule has 0 saturated carbocycles. The van der Waals surface area contributed by atoms with Gasteiger partial charge in [0.15, 0.2) is 34.2 Å². The molecule has 4 aromatic rings. The lowest BCUT2D eigenvalue weighted by molar-refractivity contribution is 0.173. The van der Waals surface area contributed by atoms with Gasteiger partial charge in [-0.05, 0) is 42.8 Å². The fourth-order valence-corrected chi connectivity index (χ4v) is 3.82. The van der Waals surface area contributed by atoms with E-state index in [1.807, 2.05) is 0 Å². The van der Waals surface area contributed by atoms with Crippen LogP contribution in [0.1, 0.15) is 12.5 Å². The molecule has 0 amide bonds. The summed E-state index contributed by atoms with van der Waals surface area (Å²) in [5, 5.41) is 9.78. The third-order valence-corrected chi connectivity index (χ3v) is 5.49. The van der Waals surface area contributed by atoms with Gasteiger partial charge in [0.2, 0.25) is 0 Å². The summed E-state index contributed by atoms with van der Waals surface area (Å²) in [4.78, 5) is 31.6. The number of fused-ring (bicyclic) bond motifs is 1. The van der Waals surface area contributed by atoms with E-state index in [2.05, 4.69) is 9.97 Å². The van der Waals surface area contributed by atoms with Crippen LogP contribution in [0.4, 0.5) is 4.39 Å². The molecule has 35 heavy (non-hydrogen) atoms. The van der Waals surface area contributed by atoms with E-state index in [0.29, 0.717) is 28.5 Å². The minimum atomic E-state index is -0.815. The lowest BCUT2D eigenvalue weighted by Crippen LogP contribution is -2.33. The summed E-state index contributed by atoms with van der Waals surface area (Å²) in [5.41, 5.74) is 0.472. The van der Waals surface area contributed by atoms with Crippen molar-refractivity contribution in [2.75, 3.05) is 14.2 Å². The fourth-order valence-electron chi connectivity index (χ4n) is 3.82. The Morgan fingerprint density at radius 3 is 2.51 bits per heavy atom. The molecule has 2 heterocycles. The van der Waals surface area contributed by atoms with Crippen LogP contribution < -0.4 is 25.5 Å². The van der Waals surface area contributed by atoms with Gasteiger partial charge in [-0.1, -0.05) is 6.07 Å². The zero-order valence-corrected chi connectivity index (χ0v) is 19.7. The van der Waals surface area contributed by atoms with Crippen LogP contribution in [0, 0.1) is 5.82 Å². The maximum Gasteiger partial charge on any atom is 0.330 e. The van der Waals surface area contributed by atoms with Crippen LogP contribution >= 0.6 is 0 Å². The Morgan fingerprint density at radius 2 is 1.83 bits per heavy atom. The highest BCUT2D eigenvalue weighted by molar-refractivity contribution is 5.77. The quantitative estimate of drug-likeness (QED) is 0.393. The number of hydrogen-bond acceptors (Lipinski definition) is 7. The van der Waals surface area contributed by atoms with E-state index in [4.69, 9.17) is 14.2 Å². The number of ether oxygens (including phenoxy) is 3. The smallest absolute Gasteiger partial charge is 0.330 e. The molecule has 0 saturated heterocycles. The molecule has 11 heteroatoms. The van der Waals surface area contributed by atoms with Crippen LogP contribution in [-0.2, 0) is 20.2 Å². The molecule has 0 radical (unpaired) electrons. The van der Waals surface area contributed by atoms with Crippen molar-refractivity contribution in [2.45, 2.75) is 26.2 Å². The Hall–Kier alpha value is -4.12. The molecule has 0 aliphatic carbocycles. The number of imidazole rings is 1. The second-order valence-corrected chi connectivity index (χ2v) is 8.01. The van der Waals surface area contributed by atoms with Crippen LogP contribution in [0.2, 0.25) is 0 Å². The number of aromatic amines is 1. The monoisotopic (exact) mass is 484 g/mol. The van der Waals surface area contributed by atoms with Crippen molar-refractivity contribution < 1.29 is 23.7 Å². The zero-order valence-electron chi connectivity index (χ0n) is 19.7. The molecule has 0 spiro atoms. The molecule has 10 nitrogen and oxygen atoms in total. The number of aryl methyl sites for hydroxylation is 1. The topological polar surface area (TPSA) is 121 Å². The number of benzene rings is 2. The van der Waals surface area contributed by atoms with Crippen LogP contribution in [0.25, 0.3) is 22.6 Å². The first-order chi connectivity index (χ1) is 16.7. The molecule has 2 N–H and O–H groups in total. The number of aliphatic hydroxyl groups excluding tert-OH is 1. The molecular formula is C24H25FN4O6. The van der Waals surface area contributed by atoms with Crippen LogP contribution in [0.15, 0.2) is 46.0 Å². The molecule has 2 aromatic carbocycles. The molecular weight excluding hydrogens is 459 g/mol. The highest BCUT2D eigenvalue weighted by Crippen LogP contribution is 2.33. The van der Waals surface area contributed by atoms with Crippen LogP contribution in [0.5, 0.6) is 17.2 Å². The van der Waals surface area contributed by atoms with E-state index in [9.17, 15) is 19.1 Å². The molecule has 184 valence electrons. The van der Waals surface area contributed by atoms with Crippen molar-refractivity contribution in [1.82, 2.24) is 19.1 Å². The predicted molar refractivity (Wildman–Crippen MR) is 127 cm³/mol. The van der Waals surface area contributed by atoms with E-state index in [1.54, 1.807) is 48.9 Å². The molecule has 1 atom stereocenters. The third-order valence-electron chi connectivity index (χ3n) is 5.49. The van der Waals surface area contributed by atoms with Gasteiger partial charge in [-0.2, -0.15) is 0 Å². The first kappa shape index (κ1) is 24.0. The van der Waals surface area contributed by atoms with Gasteiger partial charge >= 0.3 is 5.69 Å². The van der Waals surface area contributed by atoms with Crippen molar-refractivity contribution in [3.8, 4) is 28.6 Å². The van der Waals surface area contributed by atoms with Crippen molar-refractivity contribution in [3.05, 3.63) is 68.6 Å². The summed E-state index contributed by atoms with van der Waals surface area (Å²) in [5.74, 6) is 0.947. The molecule has 4 rings (SSSR count). The summed E-state index contributed by atoms with van der Waals surface area (Å²) in [6, 6.07) is 9.61. The summed E-state index contributed by atoms with van der Waals surface area (Å²) in [6.07, 6.45) is -0.815. The molecule has 0 aliphatic heterocycles. The van der Waals surface area contributed by atoms with E-state index in [1.165, 1.54) is 24.9 Å². The third kappa shape index (κ3) is 4.62. The largest absolute Gasteiger partial charge is 0.494 e. The first-order valence-corrected chi connectivity index (χ1v) is 10.7. The van der Waals surface area contributed by atoms with Crippen molar-refractivity contribution >= 4 is 11.2 Å². The Balaban J connectivity index is 1.70. The molecule has 0 fully saturated rings. The summed E-state index contributed by atoms with van der Waals surface area (Å²) >= 11 is 0. The summed E-state index contributed by atoms with van der Waals surface area (Å²) in [6.45, 7) is 1.67. The van der Waals surface area contributed by atoms with Gasteiger partial charge in [-0.3, -0.25) is 14.3 Å². The summed E-state index contributed by atoms with van der Waals surface area (Å²) < 4.78 is 32.8. The minimum absolute atomic E-state index is 0.0210. The van der Waals surface area contributed by atoms with Gasteiger partial charge in [0.25, 0.3) is 5.56 Å². The number of nitrogens with zero attached hydrogens (tertiary/aromatic N) is 3. The van der Waals surface area contributed by atoms with Crippen molar-refractivity contribution in [3.63, 3.8) is 0 Å². The maximum absolute atomic E-state index is 13.7. The highest BCUT2D eigenvalue weighted by atomic mass is 19.1. The van der Waals surface area contributed by atoms with Crippen molar-refractivity contribution in [1.29, 1.82) is 0 Å². The number of halogens is 1. The second-order valence-electron chi connectivity index (χ2n) is 8.01. The van der Waals surface area contributed by atoms with E-state index >= 15 is 0 Å². The molecule has 1 unspecified atom stereocenters. The van der Waals surface area contributed by atoms with Crippen molar-refractivity contribution in [2.24, 2.45) is 7.05 Å². The number of H-pyrrole nitrogens is 1. The molecule has 2 aromatic heterocycles. The van der Waals surface area contributed by atoms with Crippen LogP contribution in [-0.4, -0.2) is 44.5 Å². The SMILES string of the molecule is COc1cc(COc2ccc(-c3nc4c(c(=O)[nH]c(=O)n4CC(C)O)n3C)cc2OC)ccc1F. The number of aliphatic hydroxyl groups is 1. The lowest BCUT2D eigenvalue weighted by atomic mass is 10.2. The number of methoxy groups -OCH3 is 2. The highest BCUT2D eigenvalue weighted by Gasteiger charge is 2.19. The van der Waals surface area contributed by atoms with Gasteiger partial charge in [0.1, 0.15) is 12.4 Å². The zero-order chi connectivity index (χ0) is 25.3. The minimum Gasteiger partial charge on any atom is -0.494 e. The average molecular weight is 484 g/mol. The fraction of sp³-hybridized carbons (Fsp3) is 0.292. The van der Waals surface area contributed by atoms with E-state index in [-0.39, 0.29) is 30.1 Å². The Labute approximate surface area is 199 Å². The Kier molecular flexibility index (Phi) is 6.61. The standard InChI is InChI=1S/C24H25FN4O6/c1-13(30)11-29-22-20(23(31)27-24(29)32)28(2)21(26-22)15-6-8-17(19(10-15)34-4)35-12-14-5-7-16(25)18(9-14)33-3/h5-10,13,30H,11-12H2,1-4H3,(H,27,31,32). The normalized spacial score (nSPS) is 12.1.